The minimum absolute atomic E-state index is 0. The van der Waals surface area contributed by atoms with Crippen LogP contribution < -0.4 is 15.4 Å². The molecule has 3 rings (SSSR count). The second kappa shape index (κ2) is 13.8. The largest absolute Gasteiger partial charge is 0.497 e. The van der Waals surface area contributed by atoms with E-state index in [4.69, 9.17) is 9.47 Å². The molecule has 1 unspecified atom stereocenters. The van der Waals surface area contributed by atoms with Gasteiger partial charge in [0.1, 0.15) is 5.75 Å². The van der Waals surface area contributed by atoms with Gasteiger partial charge in [-0.1, -0.05) is 18.2 Å². The number of nitrogens with zero attached hydrogens (tertiary/aromatic N) is 2. The fourth-order valence-electron chi connectivity index (χ4n) is 3.52. The van der Waals surface area contributed by atoms with Crippen LogP contribution in [0.1, 0.15) is 22.9 Å². The number of thiophene rings is 1. The number of hydrogen-bond donors (Lipinski definition) is 2. The zero-order valence-corrected chi connectivity index (χ0v) is 20.9. The van der Waals surface area contributed by atoms with E-state index in [0.29, 0.717) is 6.04 Å². The molecule has 0 radical (unpaired) electrons. The minimum Gasteiger partial charge on any atom is -0.497 e. The van der Waals surface area contributed by atoms with Crippen LogP contribution in [0.5, 0.6) is 5.75 Å². The fourth-order valence-corrected chi connectivity index (χ4v) is 4.38. The van der Waals surface area contributed by atoms with E-state index in [1.165, 1.54) is 10.4 Å². The van der Waals surface area contributed by atoms with E-state index in [-0.39, 0.29) is 24.0 Å². The van der Waals surface area contributed by atoms with Crippen molar-refractivity contribution >= 4 is 41.3 Å². The summed E-state index contributed by atoms with van der Waals surface area (Å²) in [6.45, 7) is 5.25. The van der Waals surface area contributed by atoms with Gasteiger partial charge in [0.2, 0.25) is 0 Å². The molecule has 1 saturated heterocycles. The van der Waals surface area contributed by atoms with E-state index in [0.717, 1.165) is 63.9 Å². The lowest BCUT2D eigenvalue weighted by Crippen LogP contribution is -2.46. The maximum absolute atomic E-state index is 5.53. The summed E-state index contributed by atoms with van der Waals surface area (Å²) in [5.74, 6) is 1.76. The zero-order valence-electron chi connectivity index (χ0n) is 17.8. The molecule has 166 valence electrons. The summed E-state index contributed by atoms with van der Waals surface area (Å²) in [5.41, 5.74) is 1.29. The third kappa shape index (κ3) is 7.72. The molecule has 1 fully saturated rings. The summed E-state index contributed by atoms with van der Waals surface area (Å²) >= 11 is 1.81. The molecule has 1 aliphatic heterocycles. The molecule has 1 aromatic heterocycles. The van der Waals surface area contributed by atoms with Crippen molar-refractivity contribution in [3.63, 3.8) is 0 Å². The molecule has 0 spiro atoms. The van der Waals surface area contributed by atoms with Crippen molar-refractivity contribution in [1.82, 2.24) is 15.5 Å². The number of ether oxygens (including phenoxy) is 2. The van der Waals surface area contributed by atoms with Gasteiger partial charge in [-0.05, 0) is 42.0 Å². The van der Waals surface area contributed by atoms with Crippen LogP contribution in [0.2, 0.25) is 0 Å². The van der Waals surface area contributed by atoms with E-state index < -0.39 is 0 Å². The summed E-state index contributed by atoms with van der Waals surface area (Å²) in [6, 6.07) is 12.9. The number of aryl methyl sites for hydroxylation is 1. The Hall–Kier alpha value is -1.36. The SMILES string of the molecule is CN=C(NCCCc1cccc(OC)c1)NCC(c1cccs1)N1CCOCC1.I. The van der Waals surface area contributed by atoms with Crippen LogP contribution in [-0.2, 0) is 11.2 Å². The first-order valence-electron chi connectivity index (χ1n) is 10.2. The van der Waals surface area contributed by atoms with Gasteiger partial charge < -0.3 is 20.1 Å². The van der Waals surface area contributed by atoms with E-state index in [2.05, 4.69) is 50.2 Å². The average Bonchev–Trinajstić information content (AvgIpc) is 3.31. The Kier molecular flexibility index (Phi) is 11.5. The Bertz CT molecular complexity index is 751. The molecule has 2 heterocycles. The molecule has 1 aliphatic rings. The number of aliphatic imine (C=N–C) groups is 1. The maximum atomic E-state index is 5.53. The van der Waals surface area contributed by atoms with Crippen LogP contribution in [0, 0.1) is 0 Å². The number of rotatable bonds is 9. The van der Waals surface area contributed by atoms with Crippen LogP contribution in [0.15, 0.2) is 46.8 Å². The van der Waals surface area contributed by atoms with Gasteiger partial charge in [-0.15, -0.1) is 35.3 Å². The van der Waals surface area contributed by atoms with Crippen molar-refractivity contribution in [2.24, 2.45) is 4.99 Å². The second-order valence-electron chi connectivity index (χ2n) is 7.01. The number of hydrogen-bond acceptors (Lipinski definition) is 5. The minimum atomic E-state index is 0. The van der Waals surface area contributed by atoms with Crippen LogP contribution >= 0.6 is 35.3 Å². The van der Waals surface area contributed by atoms with E-state index in [1.54, 1.807) is 7.11 Å². The van der Waals surface area contributed by atoms with Crippen molar-refractivity contribution < 1.29 is 9.47 Å². The third-order valence-electron chi connectivity index (χ3n) is 5.11. The van der Waals surface area contributed by atoms with Crippen LogP contribution in [-0.4, -0.2) is 64.4 Å². The highest BCUT2D eigenvalue weighted by Gasteiger charge is 2.23. The van der Waals surface area contributed by atoms with Crippen LogP contribution in [0.3, 0.4) is 0 Å². The Labute approximate surface area is 201 Å². The molecule has 0 saturated carbocycles. The molecule has 2 aromatic rings. The van der Waals surface area contributed by atoms with Gasteiger partial charge in [0.15, 0.2) is 5.96 Å². The number of methoxy groups -OCH3 is 1. The van der Waals surface area contributed by atoms with Gasteiger partial charge in [0.05, 0.1) is 26.4 Å². The van der Waals surface area contributed by atoms with Gasteiger partial charge >= 0.3 is 0 Å². The second-order valence-corrected chi connectivity index (χ2v) is 7.99. The lowest BCUT2D eigenvalue weighted by molar-refractivity contribution is 0.0177. The molecule has 8 heteroatoms. The highest BCUT2D eigenvalue weighted by atomic mass is 127. The summed E-state index contributed by atoms with van der Waals surface area (Å²) in [4.78, 5) is 8.27. The number of benzene rings is 1. The number of nitrogens with one attached hydrogen (secondary N) is 2. The average molecular weight is 545 g/mol. The lowest BCUT2D eigenvalue weighted by Gasteiger charge is -2.34. The highest BCUT2D eigenvalue weighted by molar-refractivity contribution is 14.0. The molecule has 30 heavy (non-hydrogen) atoms. The Morgan fingerprint density at radius 3 is 2.77 bits per heavy atom. The number of halogens is 1. The topological polar surface area (TPSA) is 58.1 Å². The zero-order chi connectivity index (χ0) is 20.3. The monoisotopic (exact) mass is 544 g/mol. The summed E-state index contributed by atoms with van der Waals surface area (Å²) in [6.07, 6.45) is 2.04. The number of morpholine rings is 1. The maximum Gasteiger partial charge on any atom is 0.191 e. The summed E-state index contributed by atoms with van der Waals surface area (Å²) < 4.78 is 10.8. The quantitative estimate of drug-likeness (QED) is 0.219. The molecule has 0 aliphatic carbocycles. The van der Waals surface area contributed by atoms with Gasteiger partial charge in [-0.2, -0.15) is 0 Å². The molecule has 1 aromatic carbocycles. The van der Waals surface area contributed by atoms with Crippen LogP contribution in [0.4, 0.5) is 0 Å². The smallest absolute Gasteiger partial charge is 0.191 e. The van der Waals surface area contributed by atoms with Crippen molar-refractivity contribution in [2.75, 3.05) is 53.6 Å². The molecular formula is C22H33IN4O2S. The molecule has 1 atom stereocenters. The van der Waals surface area contributed by atoms with E-state index in [9.17, 15) is 0 Å². The molecule has 0 bridgehead atoms. The lowest BCUT2D eigenvalue weighted by atomic mass is 10.1. The Morgan fingerprint density at radius 1 is 1.23 bits per heavy atom. The van der Waals surface area contributed by atoms with Gasteiger partial charge in [0.25, 0.3) is 0 Å². The molecule has 2 N–H and O–H groups in total. The summed E-state index contributed by atoms with van der Waals surface area (Å²) in [5, 5.41) is 9.10. The first kappa shape index (κ1) is 24.9. The van der Waals surface area contributed by atoms with Crippen molar-refractivity contribution in [1.29, 1.82) is 0 Å². The van der Waals surface area contributed by atoms with Crippen LogP contribution in [0.25, 0.3) is 0 Å². The standard InChI is InChI=1S/C22H32N4O2S.HI/c1-23-22(24-10-4-7-18-6-3-8-19(16-18)27-2)25-17-20(21-9-5-15-29-21)26-11-13-28-14-12-26;/h3,5-6,8-9,15-16,20H,4,7,10-14,17H2,1-2H3,(H2,23,24,25);1H. The van der Waals surface area contributed by atoms with Gasteiger partial charge in [0, 0.05) is 38.1 Å². The normalized spacial score (nSPS) is 15.9. The molecular weight excluding hydrogens is 511 g/mol. The van der Waals surface area contributed by atoms with Crippen molar-refractivity contribution in [2.45, 2.75) is 18.9 Å². The predicted molar refractivity (Wildman–Crippen MR) is 136 cm³/mol. The highest BCUT2D eigenvalue weighted by Crippen LogP contribution is 2.25. The Balaban J connectivity index is 0.00000320. The first-order chi connectivity index (χ1) is 14.3. The van der Waals surface area contributed by atoms with Gasteiger partial charge in [-0.25, -0.2) is 0 Å². The fraction of sp³-hybridized carbons (Fsp3) is 0.500. The number of guanidine groups is 1. The predicted octanol–water partition coefficient (Wildman–Crippen LogP) is 3.55. The van der Waals surface area contributed by atoms with Crippen molar-refractivity contribution in [3.8, 4) is 5.75 Å². The molecule has 6 nitrogen and oxygen atoms in total. The van der Waals surface area contributed by atoms with E-state index in [1.807, 2.05) is 30.5 Å². The van der Waals surface area contributed by atoms with Gasteiger partial charge in [-0.3, -0.25) is 9.89 Å². The van der Waals surface area contributed by atoms with E-state index >= 15 is 0 Å². The summed E-state index contributed by atoms with van der Waals surface area (Å²) in [7, 11) is 3.53. The third-order valence-corrected chi connectivity index (χ3v) is 6.09. The first-order valence-corrected chi connectivity index (χ1v) is 11.1. The Morgan fingerprint density at radius 2 is 2.07 bits per heavy atom. The van der Waals surface area contributed by atoms with Crippen molar-refractivity contribution in [3.05, 3.63) is 52.2 Å². The molecule has 0 amide bonds.